The van der Waals surface area contributed by atoms with Crippen molar-refractivity contribution < 1.29 is 14.3 Å². The average molecular weight is 248 g/mol. The minimum absolute atomic E-state index is 0.00115. The van der Waals surface area contributed by atoms with Crippen LogP contribution in [0.4, 0.5) is 0 Å². The summed E-state index contributed by atoms with van der Waals surface area (Å²) in [6, 6.07) is 6.42. The molecule has 0 saturated heterocycles. The Hall–Kier alpha value is -2.34. The number of nitrogens with one attached hydrogen (secondary N) is 2. The normalized spacial score (nSPS) is 10.3. The zero-order valence-corrected chi connectivity index (χ0v) is 9.47. The molecular weight excluding hydrogens is 236 g/mol. The third-order valence-electron chi connectivity index (χ3n) is 2.34. The number of hydrogen-bond donors (Lipinski definition) is 3. The van der Waals surface area contributed by atoms with Crippen molar-refractivity contribution in [1.29, 1.82) is 0 Å². The number of aromatic nitrogens is 1. The highest BCUT2D eigenvalue weighted by atomic mass is 16.3. The van der Waals surface area contributed by atoms with E-state index in [4.69, 9.17) is 9.52 Å². The van der Waals surface area contributed by atoms with Crippen molar-refractivity contribution in [2.75, 3.05) is 13.2 Å². The number of furan rings is 1. The van der Waals surface area contributed by atoms with E-state index in [0.717, 1.165) is 0 Å². The Kier molecular flexibility index (Phi) is 3.59. The molecule has 0 saturated carbocycles. The summed E-state index contributed by atoms with van der Waals surface area (Å²) < 4.78 is 5.14. The highest BCUT2D eigenvalue weighted by Crippen LogP contribution is 2.15. The molecule has 0 atom stereocenters. The molecule has 1 amide bonds. The van der Waals surface area contributed by atoms with Gasteiger partial charge in [0.2, 0.25) is 0 Å². The molecule has 0 fully saturated rings. The van der Waals surface area contributed by atoms with Crippen LogP contribution in [0.5, 0.6) is 0 Å². The Morgan fingerprint density at radius 2 is 2.22 bits per heavy atom. The van der Waals surface area contributed by atoms with E-state index >= 15 is 0 Å². The third-order valence-corrected chi connectivity index (χ3v) is 2.34. The fourth-order valence-electron chi connectivity index (χ4n) is 1.49. The summed E-state index contributed by atoms with van der Waals surface area (Å²) in [7, 11) is 0. The first-order valence-corrected chi connectivity index (χ1v) is 5.38. The molecule has 0 aliphatic carbocycles. The van der Waals surface area contributed by atoms with Gasteiger partial charge in [-0.25, -0.2) is 0 Å². The van der Waals surface area contributed by atoms with Gasteiger partial charge in [-0.1, -0.05) is 0 Å². The minimum Gasteiger partial charge on any atom is -0.463 e. The van der Waals surface area contributed by atoms with E-state index in [2.05, 4.69) is 10.3 Å². The lowest BCUT2D eigenvalue weighted by Gasteiger charge is -2.03. The number of amides is 1. The molecule has 0 bridgehead atoms. The van der Waals surface area contributed by atoms with E-state index in [-0.39, 0.29) is 18.7 Å². The van der Waals surface area contributed by atoms with Gasteiger partial charge in [-0.05, 0) is 24.3 Å². The van der Waals surface area contributed by atoms with E-state index in [0.29, 0.717) is 11.5 Å². The summed E-state index contributed by atoms with van der Waals surface area (Å²) >= 11 is 0. The fraction of sp³-hybridized carbons (Fsp3) is 0.167. The van der Waals surface area contributed by atoms with Crippen molar-refractivity contribution >= 4 is 5.91 Å². The summed E-state index contributed by atoms with van der Waals surface area (Å²) in [6.45, 7) is -0.0632. The number of aliphatic hydroxyl groups is 1. The standard InChI is InChI=1S/C12H12N2O4/c15-6-5-13-11(16)8-3-4-9(14-12(8)17)10-2-1-7-18-10/h1-4,7,15H,5-6H2,(H,13,16)(H,14,17). The number of hydrogen-bond acceptors (Lipinski definition) is 4. The Bertz CT molecular complexity index is 586. The van der Waals surface area contributed by atoms with Gasteiger partial charge in [0, 0.05) is 6.54 Å². The quantitative estimate of drug-likeness (QED) is 0.727. The molecule has 6 nitrogen and oxygen atoms in total. The van der Waals surface area contributed by atoms with Gasteiger partial charge < -0.3 is 19.8 Å². The van der Waals surface area contributed by atoms with Gasteiger partial charge in [0.15, 0.2) is 0 Å². The van der Waals surface area contributed by atoms with Crippen LogP contribution in [0.15, 0.2) is 39.7 Å². The summed E-state index contributed by atoms with van der Waals surface area (Å²) in [4.78, 5) is 25.8. The van der Waals surface area contributed by atoms with Gasteiger partial charge in [0.1, 0.15) is 11.3 Å². The molecule has 6 heteroatoms. The third kappa shape index (κ3) is 2.49. The molecule has 0 aliphatic heterocycles. The number of rotatable bonds is 4. The number of aromatic amines is 1. The Morgan fingerprint density at radius 3 is 2.83 bits per heavy atom. The molecule has 0 radical (unpaired) electrons. The number of H-pyrrole nitrogens is 1. The van der Waals surface area contributed by atoms with Gasteiger partial charge in [0.05, 0.1) is 18.6 Å². The summed E-state index contributed by atoms with van der Waals surface area (Å²) in [5.41, 5.74) is 0.00167. The molecule has 2 aromatic rings. The van der Waals surface area contributed by atoms with Crippen LogP contribution < -0.4 is 10.9 Å². The molecule has 0 aromatic carbocycles. The van der Waals surface area contributed by atoms with Crippen LogP contribution in [0, 0.1) is 0 Å². The van der Waals surface area contributed by atoms with E-state index in [1.54, 1.807) is 18.2 Å². The van der Waals surface area contributed by atoms with Gasteiger partial charge in [-0.15, -0.1) is 0 Å². The van der Waals surface area contributed by atoms with Crippen molar-refractivity contribution in [3.63, 3.8) is 0 Å². The van der Waals surface area contributed by atoms with Crippen LogP contribution in [0.2, 0.25) is 0 Å². The molecule has 2 rings (SSSR count). The second-order valence-corrected chi connectivity index (χ2v) is 3.57. The van der Waals surface area contributed by atoms with Crippen molar-refractivity contribution in [1.82, 2.24) is 10.3 Å². The highest BCUT2D eigenvalue weighted by molar-refractivity contribution is 5.93. The lowest BCUT2D eigenvalue weighted by Crippen LogP contribution is -2.31. The van der Waals surface area contributed by atoms with Crippen molar-refractivity contribution in [2.24, 2.45) is 0 Å². The van der Waals surface area contributed by atoms with E-state index in [1.807, 2.05) is 0 Å². The van der Waals surface area contributed by atoms with Crippen LogP contribution >= 0.6 is 0 Å². The Labute approximate surface area is 102 Å². The maximum Gasteiger partial charge on any atom is 0.261 e. The van der Waals surface area contributed by atoms with Crippen LogP contribution in [0.25, 0.3) is 11.5 Å². The summed E-state index contributed by atoms with van der Waals surface area (Å²) in [6.07, 6.45) is 1.50. The summed E-state index contributed by atoms with van der Waals surface area (Å²) in [5, 5.41) is 11.0. The van der Waals surface area contributed by atoms with Crippen LogP contribution in [-0.4, -0.2) is 29.1 Å². The van der Waals surface area contributed by atoms with E-state index in [1.165, 1.54) is 12.3 Å². The van der Waals surface area contributed by atoms with E-state index in [9.17, 15) is 9.59 Å². The monoisotopic (exact) mass is 248 g/mol. The molecule has 2 heterocycles. The van der Waals surface area contributed by atoms with Gasteiger partial charge in [-0.3, -0.25) is 9.59 Å². The zero-order valence-electron chi connectivity index (χ0n) is 9.47. The van der Waals surface area contributed by atoms with Crippen molar-refractivity contribution in [2.45, 2.75) is 0 Å². The lowest BCUT2D eigenvalue weighted by molar-refractivity contribution is 0.0943. The van der Waals surface area contributed by atoms with Crippen LogP contribution in [0.3, 0.4) is 0 Å². The molecule has 0 aliphatic rings. The largest absolute Gasteiger partial charge is 0.463 e. The maximum absolute atomic E-state index is 11.7. The topological polar surface area (TPSA) is 95.3 Å². The maximum atomic E-state index is 11.7. The first-order chi connectivity index (χ1) is 8.72. The molecule has 2 aromatic heterocycles. The minimum atomic E-state index is -0.517. The van der Waals surface area contributed by atoms with Crippen LogP contribution in [0.1, 0.15) is 10.4 Å². The summed E-state index contributed by atoms with van der Waals surface area (Å²) in [5.74, 6) is 0.00529. The highest BCUT2D eigenvalue weighted by Gasteiger charge is 2.11. The number of carbonyl (C=O) groups excluding carboxylic acids is 1. The zero-order chi connectivity index (χ0) is 13.0. The predicted molar refractivity (Wildman–Crippen MR) is 64.2 cm³/mol. The fourth-order valence-corrected chi connectivity index (χ4v) is 1.49. The molecular formula is C12H12N2O4. The van der Waals surface area contributed by atoms with Crippen molar-refractivity contribution in [3.8, 4) is 11.5 Å². The average Bonchev–Trinajstić information content (AvgIpc) is 2.89. The number of carbonyl (C=O) groups is 1. The smallest absolute Gasteiger partial charge is 0.261 e. The molecule has 94 valence electrons. The Morgan fingerprint density at radius 1 is 1.39 bits per heavy atom. The first-order valence-electron chi connectivity index (χ1n) is 5.38. The number of aliphatic hydroxyl groups excluding tert-OH is 1. The molecule has 18 heavy (non-hydrogen) atoms. The first kappa shape index (κ1) is 12.1. The van der Waals surface area contributed by atoms with Crippen LogP contribution in [-0.2, 0) is 0 Å². The lowest BCUT2D eigenvalue weighted by atomic mass is 10.2. The predicted octanol–water partition coefficient (Wildman–Crippen LogP) is 0.357. The van der Waals surface area contributed by atoms with Crippen molar-refractivity contribution in [3.05, 3.63) is 46.4 Å². The van der Waals surface area contributed by atoms with Gasteiger partial charge >= 0.3 is 0 Å². The number of pyridine rings is 1. The SMILES string of the molecule is O=C(NCCO)c1ccc(-c2ccco2)[nH]c1=O. The second kappa shape index (κ2) is 5.33. The Balaban J connectivity index is 2.26. The molecule has 0 spiro atoms. The van der Waals surface area contributed by atoms with Gasteiger partial charge in [0.25, 0.3) is 11.5 Å². The van der Waals surface area contributed by atoms with Gasteiger partial charge in [-0.2, -0.15) is 0 Å². The van der Waals surface area contributed by atoms with E-state index < -0.39 is 11.5 Å². The molecule has 0 unspecified atom stereocenters. The second-order valence-electron chi connectivity index (χ2n) is 3.57. The molecule has 3 N–H and O–H groups in total.